The van der Waals surface area contributed by atoms with Gasteiger partial charge in [0, 0.05) is 5.92 Å². The summed E-state index contributed by atoms with van der Waals surface area (Å²) in [5.41, 5.74) is 2.62. The van der Waals surface area contributed by atoms with E-state index in [1.165, 1.54) is 11.1 Å². The van der Waals surface area contributed by atoms with Gasteiger partial charge in [-0.15, -0.1) is 0 Å². The highest BCUT2D eigenvalue weighted by Gasteiger charge is 2.41. The summed E-state index contributed by atoms with van der Waals surface area (Å²) in [5.74, 6) is 1.16. The van der Waals surface area contributed by atoms with Crippen LogP contribution < -0.4 is 0 Å². The number of aryl methyl sites for hydroxylation is 1. The standard InChI is InChI=1S/C12H14O/c1-8-4-3-5-10(6-8)12-7-11(12)9(2)13/h3-6,11-12H,7H2,1-2H3/t11-,12-/m1/s1. The highest BCUT2D eigenvalue weighted by Crippen LogP contribution is 2.47. The molecule has 1 fully saturated rings. The van der Waals surface area contributed by atoms with Gasteiger partial charge in [0.05, 0.1) is 0 Å². The predicted octanol–water partition coefficient (Wildman–Crippen LogP) is 2.69. The number of Topliss-reactive ketones (excluding diaryl/α,β-unsaturated/α-hetero) is 1. The van der Waals surface area contributed by atoms with Crippen molar-refractivity contribution in [3.63, 3.8) is 0 Å². The van der Waals surface area contributed by atoms with Crippen LogP contribution in [0.25, 0.3) is 0 Å². The van der Waals surface area contributed by atoms with Crippen molar-refractivity contribution in [2.45, 2.75) is 26.2 Å². The molecule has 0 N–H and O–H groups in total. The molecule has 2 atom stereocenters. The third kappa shape index (κ3) is 1.64. The lowest BCUT2D eigenvalue weighted by molar-refractivity contribution is -0.118. The van der Waals surface area contributed by atoms with E-state index in [1.54, 1.807) is 6.92 Å². The van der Waals surface area contributed by atoms with Gasteiger partial charge in [-0.3, -0.25) is 4.79 Å². The molecule has 0 radical (unpaired) electrons. The fraction of sp³-hybridized carbons (Fsp3) is 0.417. The van der Waals surface area contributed by atoms with E-state index in [0.717, 1.165) is 6.42 Å². The van der Waals surface area contributed by atoms with Crippen LogP contribution in [0.15, 0.2) is 24.3 Å². The third-order valence-corrected chi connectivity index (χ3v) is 2.78. The van der Waals surface area contributed by atoms with Crippen molar-refractivity contribution in [1.82, 2.24) is 0 Å². The molecule has 0 bridgehead atoms. The summed E-state index contributed by atoms with van der Waals surface area (Å²) in [5, 5.41) is 0. The van der Waals surface area contributed by atoms with Crippen molar-refractivity contribution < 1.29 is 4.79 Å². The quantitative estimate of drug-likeness (QED) is 0.673. The number of rotatable bonds is 2. The van der Waals surface area contributed by atoms with Crippen LogP contribution >= 0.6 is 0 Å². The highest BCUT2D eigenvalue weighted by molar-refractivity contribution is 5.82. The van der Waals surface area contributed by atoms with E-state index in [2.05, 4.69) is 31.2 Å². The fourth-order valence-corrected chi connectivity index (χ4v) is 1.91. The minimum absolute atomic E-state index is 0.307. The molecule has 0 spiro atoms. The van der Waals surface area contributed by atoms with Crippen LogP contribution in [0, 0.1) is 12.8 Å². The number of carbonyl (C=O) groups excluding carboxylic acids is 1. The van der Waals surface area contributed by atoms with Gasteiger partial charge < -0.3 is 0 Å². The first-order chi connectivity index (χ1) is 6.18. The molecule has 1 nitrogen and oxygen atoms in total. The second kappa shape index (κ2) is 2.99. The molecule has 0 unspecified atom stereocenters. The van der Waals surface area contributed by atoms with Crippen molar-refractivity contribution in [3.05, 3.63) is 35.4 Å². The van der Waals surface area contributed by atoms with Gasteiger partial charge in [0.15, 0.2) is 0 Å². The summed E-state index contributed by atoms with van der Waals surface area (Å²) in [6.45, 7) is 3.79. The maximum atomic E-state index is 11.1. The van der Waals surface area contributed by atoms with E-state index in [1.807, 2.05) is 0 Å². The van der Waals surface area contributed by atoms with Gasteiger partial charge in [-0.25, -0.2) is 0 Å². The van der Waals surface area contributed by atoms with E-state index in [-0.39, 0.29) is 0 Å². The molecule has 1 aromatic rings. The second-order valence-electron chi connectivity index (χ2n) is 3.97. The van der Waals surface area contributed by atoms with Crippen LogP contribution in [0.1, 0.15) is 30.4 Å². The summed E-state index contributed by atoms with van der Waals surface area (Å²) in [4.78, 5) is 11.1. The zero-order valence-corrected chi connectivity index (χ0v) is 8.08. The maximum absolute atomic E-state index is 11.1. The largest absolute Gasteiger partial charge is 0.300 e. The Kier molecular flexibility index (Phi) is 1.95. The normalized spacial score (nSPS) is 25.7. The van der Waals surface area contributed by atoms with Crippen molar-refractivity contribution in [1.29, 1.82) is 0 Å². The molecule has 1 aliphatic rings. The molecule has 0 saturated heterocycles. The molecule has 0 amide bonds. The summed E-state index contributed by atoms with van der Waals surface area (Å²) in [6.07, 6.45) is 1.05. The topological polar surface area (TPSA) is 17.1 Å². The fourth-order valence-electron chi connectivity index (χ4n) is 1.91. The number of hydrogen-bond donors (Lipinski definition) is 0. The monoisotopic (exact) mass is 174 g/mol. The Bertz CT molecular complexity index is 341. The molecule has 1 aliphatic carbocycles. The summed E-state index contributed by atoms with van der Waals surface area (Å²) in [7, 11) is 0. The van der Waals surface area contributed by atoms with Gasteiger partial charge in [0.25, 0.3) is 0 Å². The van der Waals surface area contributed by atoms with E-state index in [4.69, 9.17) is 0 Å². The molecule has 1 heteroatoms. The van der Waals surface area contributed by atoms with Crippen LogP contribution in [0.4, 0.5) is 0 Å². The molecule has 13 heavy (non-hydrogen) atoms. The molecular weight excluding hydrogens is 160 g/mol. The third-order valence-electron chi connectivity index (χ3n) is 2.78. The van der Waals surface area contributed by atoms with E-state index < -0.39 is 0 Å². The highest BCUT2D eigenvalue weighted by atomic mass is 16.1. The number of carbonyl (C=O) groups is 1. The molecule has 1 saturated carbocycles. The van der Waals surface area contributed by atoms with Gasteiger partial charge >= 0.3 is 0 Å². The molecule has 2 rings (SSSR count). The lowest BCUT2D eigenvalue weighted by Gasteiger charge is -1.99. The summed E-state index contributed by atoms with van der Waals surface area (Å²) in [6, 6.07) is 8.48. The second-order valence-corrected chi connectivity index (χ2v) is 3.97. The molecule has 68 valence electrons. The lowest BCUT2D eigenvalue weighted by Crippen LogP contribution is -1.94. The molecule has 0 aliphatic heterocycles. The smallest absolute Gasteiger partial charge is 0.133 e. The Hall–Kier alpha value is -1.11. The zero-order valence-electron chi connectivity index (χ0n) is 8.08. The minimum Gasteiger partial charge on any atom is -0.300 e. The van der Waals surface area contributed by atoms with Crippen molar-refractivity contribution in [2.75, 3.05) is 0 Å². The predicted molar refractivity (Wildman–Crippen MR) is 52.7 cm³/mol. The minimum atomic E-state index is 0.307. The Morgan fingerprint density at radius 1 is 1.46 bits per heavy atom. The van der Waals surface area contributed by atoms with Crippen LogP contribution in [0.2, 0.25) is 0 Å². The first-order valence-corrected chi connectivity index (χ1v) is 4.75. The number of benzene rings is 1. The Labute approximate surface area is 78.8 Å². The summed E-state index contributed by atoms with van der Waals surface area (Å²) >= 11 is 0. The van der Waals surface area contributed by atoms with Crippen LogP contribution in [0.3, 0.4) is 0 Å². The van der Waals surface area contributed by atoms with Gasteiger partial charge in [0.2, 0.25) is 0 Å². The lowest BCUT2D eigenvalue weighted by atomic mass is 10.1. The number of hydrogen-bond acceptors (Lipinski definition) is 1. The average molecular weight is 174 g/mol. The zero-order chi connectivity index (χ0) is 9.42. The van der Waals surface area contributed by atoms with Crippen LogP contribution in [0.5, 0.6) is 0 Å². The van der Waals surface area contributed by atoms with E-state index in [0.29, 0.717) is 17.6 Å². The van der Waals surface area contributed by atoms with Crippen molar-refractivity contribution in [2.24, 2.45) is 5.92 Å². The van der Waals surface area contributed by atoms with Gasteiger partial charge in [0.1, 0.15) is 5.78 Å². The maximum Gasteiger partial charge on any atom is 0.133 e. The molecule has 0 heterocycles. The molecule has 0 aromatic heterocycles. The van der Waals surface area contributed by atoms with Gasteiger partial charge in [-0.05, 0) is 31.7 Å². The summed E-state index contributed by atoms with van der Waals surface area (Å²) < 4.78 is 0. The SMILES string of the molecule is CC(=O)[C@H]1C[C@@H]1c1cccc(C)c1. The van der Waals surface area contributed by atoms with Crippen LogP contribution in [-0.2, 0) is 4.79 Å². The van der Waals surface area contributed by atoms with Crippen molar-refractivity contribution in [3.8, 4) is 0 Å². The Morgan fingerprint density at radius 3 is 2.77 bits per heavy atom. The Morgan fingerprint density at radius 2 is 2.23 bits per heavy atom. The van der Waals surface area contributed by atoms with Gasteiger partial charge in [-0.1, -0.05) is 29.8 Å². The molecule has 1 aromatic carbocycles. The average Bonchev–Trinajstić information content (AvgIpc) is 2.82. The van der Waals surface area contributed by atoms with Crippen LogP contribution in [-0.4, -0.2) is 5.78 Å². The first kappa shape index (κ1) is 8.49. The molecular formula is C12H14O. The van der Waals surface area contributed by atoms with E-state index >= 15 is 0 Å². The van der Waals surface area contributed by atoms with E-state index in [9.17, 15) is 4.79 Å². The van der Waals surface area contributed by atoms with Crippen molar-refractivity contribution >= 4 is 5.78 Å². The van der Waals surface area contributed by atoms with Gasteiger partial charge in [-0.2, -0.15) is 0 Å². The first-order valence-electron chi connectivity index (χ1n) is 4.75. The Balaban J connectivity index is 2.16. The number of ketones is 1.